The van der Waals surface area contributed by atoms with Gasteiger partial charge in [-0.1, -0.05) is 0 Å². The Morgan fingerprint density at radius 3 is 2.90 bits per heavy atom. The van der Waals surface area contributed by atoms with Gasteiger partial charge in [-0.05, 0) is 43.9 Å². The molecule has 0 amide bonds. The van der Waals surface area contributed by atoms with Crippen molar-refractivity contribution in [3.8, 4) is 5.69 Å². The molecule has 0 saturated carbocycles. The molecule has 1 aliphatic rings. The highest BCUT2D eigenvalue weighted by molar-refractivity contribution is 5.97. The standard InChI is InChI=1S/C16H16N4/c17-13-5-6-15(11-7-8-18-9-12(11)13)20-10-19-14-3-1-2-4-16(14)20/h5-10H,1-4,17H2. The molecule has 1 aliphatic carbocycles. The van der Waals surface area contributed by atoms with Gasteiger partial charge in [0.05, 0.1) is 17.7 Å². The lowest BCUT2D eigenvalue weighted by Gasteiger charge is -2.16. The number of nitrogens with zero attached hydrogens (tertiary/aromatic N) is 3. The van der Waals surface area contributed by atoms with E-state index in [9.17, 15) is 0 Å². The molecule has 4 nitrogen and oxygen atoms in total. The molecule has 0 bridgehead atoms. The van der Waals surface area contributed by atoms with Gasteiger partial charge in [0.1, 0.15) is 0 Å². The maximum absolute atomic E-state index is 6.05. The lowest BCUT2D eigenvalue weighted by Crippen LogP contribution is -2.07. The maximum Gasteiger partial charge on any atom is 0.0997 e. The highest BCUT2D eigenvalue weighted by Crippen LogP contribution is 2.30. The zero-order valence-electron chi connectivity index (χ0n) is 11.2. The smallest absolute Gasteiger partial charge is 0.0997 e. The summed E-state index contributed by atoms with van der Waals surface area (Å²) >= 11 is 0. The quantitative estimate of drug-likeness (QED) is 0.687. The molecular weight excluding hydrogens is 248 g/mol. The van der Waals surface area contributed by atoms with E-state index in [0.29, 0.717) is 0 Å². The van der Waals surface area contributed by atoms with Gasteiger partial charge in [-0.2, -0.15) is 0 Å². The number of pyridine rings is 1. The molecule has 2 heterocycles. The molecule has 0 fully saturated rings. The van der Waals surface area contributed by atoms with E-state index >= 15 is 0 Å². The van der Waals surface area contributed by atoms with Crippen molar-refractivity contribution in [1.29, 1.82) is 0 Å². The Labute approximate surface area is 117 Å². The van der Waals surface area contributed by atoms with Crippen LogP contribution in [0.3, 0.4) is 0 Å². The van der Waals surface area contributed by atoms with Gasteiger partial charge in [-0.25, -0.2) is 4.98 Å². The number of rotatable bonds is 1. The molecule has 0 radical (unpaired) electrons. The van der Waals surface area contributed by atoms with E-state index in [1.807, 2.05) is 30.9 Å². The summed E-state index contributed by atoms with van der Waals surface area (Å²) in [6.45, 7) is 0. The summed E-state index contributed by atoms with van der Waals surface area (Å²) in [6, 6.07) is 6.05. The molecule has 3 aromatic rings. The van der Waals surface area contributed by atoms with Crippen LogP contribution < -0.4 is 5.73 Å². The molecule has 2 N–H and O–H groups in total. The number of nitrogen functional groups attached to an aromatic ring is 1. The third-order valence-corrected chi connectivity index (χ3v) is 4.12. The molecule has 0 spiro atoms. The summed E-state index contributed by atoms with van der Waals surface area (Å²) in [4.78, 5) is 8.76. The van der Waals surface area contributed by atoms with Crippen LogP contribution >= 0.6 is 0 Å². The van der Waals surface area contributed by atoms with Gasteiger partial charge in [-0.3, -0.25) is 4.98 Å². The van der Waals surface area contributed by atoms with Crippen LogP contribution in [0.1, 0.15) is 24.2 Å². The minimum Gasteiger partial charge on any atom is -0.398 e. The van der Waals surface area contributed by atoms with E-state index in [0.717, 1.165) is 35.0 Å². The number of fused-ring (bicyclic) bond motifs is 2. The zero-order valence-corrected chi connectivity index (χ0v) is 11.2. The van der Waals surface area contributed by atoms with Crippen molar-refractivity contribution in [2.45, 2.75) is 25.7 Å². The molecule has 0 saturated heterocycles. The minimum absolute atomic E-state index is 0.769. The first-order valence-electron chi connectivity index (χ1n) is 7.02. The Bertz CT molecular complexity index is 788. The van der Waals surface area contributed by atoms with Gasteiger partial charge in [-0.15, -0.1) is 0 Å². The van der Waals surface area contributed by atoms with E-state index < -0.39 is 0 Å². The molecule has 2 aromatic heterocycles. The number of aryl methyl sites for hydroxylation is 1. The summed E-state index contributed by atoms with van der Waals surface area (Å²) in [5, 5.41) is 2.13. The first kappa shape index (κ1) is 11.5. The molecule has 0 unspecified atom stereocenters. The van der Waals surface area contributed by atoms with E-state index in [-0.39, 0.29) is 0 Å². The van der Waals surface area contributed by atoms with Gasteiger partial charge in [0.25, 0.3) is 0 Å². The van der Waals surface area contributed by atoms with Crippen LogP contribution in [0.15, 0.2) is 36.9 Å². The highest BCUT2D eigenvalue weighted by atomic mass is 15.1. The fraction of sp³-hybridized carbons (Fsp3) is 0.250. The third kappa shape index (κ3) is 1.61. The van der Waals surface area contributed by atoms with Crippen LogP contribution in [-0.2, 0) is 12.8 Å². The number of aromatic nitrogens is 3. The van der Waals surface area contributed by atoms with Crippen molar-refractivity contribution in [3.63, 3.8) is 0 Å². The number of hydrogen-bond acceptors (Lipinski definition) is 3. The van der Waals surface area contributed by atoms with Gasteiger partial charge in [0.2, 0.25) is 0 Å². The van der Waals surface area contributed by atoms with Crippen molar-refractivity contribution in [1.82, 2.24) is 14.5 Å². The maximum atomic E-state index is 6.05. The second-order valence-electron chi connectivity index (χ2n) is 5.31. The number of benzene rings is 1. The Hall–Kier alpha value is -2.36. The zero-order chi connectivity index (χ0) is 13.5. The van der Waals surface area contributed by atoms with Gasteiger partial charge in [0.15, 0.2) is 0 Å². The molecular formula is C16H16N4. The average Bonchev–Trinajstić information content (AvgIpc) is 2.92. The minimum atomic E-state index is 0.769. The van der Waals surface area contributed by atoms with Crippen LogP contribution in [0, 0.1) is 0 Å². The van der Waals surface area contributed by atoms with Crippen LogP contribution in [-0.4, -0.2) is 14.5 Å². The Morgan fingerprint density at radius 1 is 1.05 bits per heavy atom. The normalized spacial score (nSPS) is 14.4. The fourth-order valence-electron chi connectivity index (χ4n) is 3.08. The Balaban J connectivity index is 1.99. The Kier molecular flexibility index (Phi) is 2.49. The molecule has 4 rings (SSSR count). The molecule has 1 aromatic carbocycles. The van der Waals surface area contributed by atoms with E-state index in [2.05, 4.69) is 20.6 Å². The summed E-state index contributed by atoms with van der Waals surface area (Å²) in [6.07, 6.45) is 10.3. The SMILES string of the molecule is Nc1ccc(-n2cnc3c2CCCC3)c2ccncc12. The number of anilines is 1. The molecule has 100 valence electrons. The number of imidazole rings is 1. The average molecular weight is 264 g/mol. The molecule has 0 atom stereocenters. The predicted octanol–water partition coefficient (Wildman–Crippen LogP) is 2.88. The predicted molar refractivity (Wildman–Crippen MR) is 79.9 cm³/mol. The largest absolute Gasteiger partial charge is 0.398 e. The highest BCUT2D eigenvalue weighted by Gasteiger charge is 2.17. The third-order valence-electron chi connectivity index (χ3n) is 4.12. The number of hydrogen-bond donors (Lipinski definition) is 1. The van der Waals surface area contributed by atoms with E-state index in [4.69, 9.17) is 5.73 Å². The van der Waals surface area contributed by atoms with Crippen LogP contribution in [0.2, 0.25) is 0 Å². The first-order chi connectivity index (χ1) is 9.84. The lowest BCUT2D eigenvalue weighted by molar-refractivity contribution is 0.656. The summed E-state index contributed by atoms with van der Waals surface area (Å²) in [7, 11) is 0. The van der Waals surface area contributed by atoms with Crippen molar-refractivity contribution >= 4 is 16.5 Å². The molecule has 4 heteroatoms. The second-order valence-corrected chi connectivity index (χ2v) is 5.31. The molecule has 0 aliphatic heterocycles. The summed E-state index contributed by atoms with van der Waals surface area (Å²) in [5.74, 6) is 0. The van der Waals surface area contributed by atoms with E-state index in [1.165, 1.54) is 24.2 Å². The number of nitrogens with two attached hydrogens (primary N) is 1. The van der Waals surface area contributed by atoms with Crippen LogP contribution in [0.25, 0.3) is 16.5 Å². The van der Waals surface area contributed by atoms with E-state index in [1.54, 1.807) is 0 Å². The molecule has 20 heavy (non-hydrogen) atoms. The monoisotopic (exact) mass is 264 g/mol. The van der Waals surface area contributed by atoms with Crippen molar-refractivity contribution in [2.75, 3.05) is 5.73 Å². The summed E-state index contributed by atoms with van der Waals surface area (Å²) < 4.78 is 2.22. The first-order valence-corrected chi connectivity index (χ1v) is 7.02. The van der Waals surface area contributed by atoms with Crippen LogP contribution in [0.4, 0.5) is 5.69 Å². The lowest BCUT2D eigenvalue weighted by atomic mass is 10.0. The van der Waals surface area contributed by atoms with Gasteiger partial charge >= 0.3 is 0 Å². The fourth-order valence-corrected chi connectivity index (χ4v) is 3.08. The van der Waals surface area contributed by atoms with Crippen LogP contribution in [0.5, 0.6) is 0 Å². The topological polar surface area (TPSA) is 56.7 Å². The second kappa shape index (κ2) is 4.34. The van der Waals surface area contributed by atoms with Crippen molar-refractivity contribution in [2.24, 2.45) is 0 Å². The Morgan fingerprint density at radius 2 is 1.95 bits per heavy atom. The van der Waals surface area contributed by atoms with Gasteiger partial charge < -0.3 is 10.3 Å². The summed E-state index contributed by atoms with van der Waals surface area (Å²) in [5.41, 5.74) is 10.6. The van der Waals surface area contributed by atoms with Crippen molar-refractivity contribution < 1.29 is 0 Å². The van der Waals surface area contributed by atoms with Crippen molar-refractivity contribution in [3.05, 3.63) is 48.3 Å². The van der Waals surface area contributed by atoms with Gasteiger partial charge in [0, 0.05) is 34.5 Å².